The fraction of sp³-hybridized carbons (Fsp3) is 0.167. The van der Waals surface area contributed by atoms with Gasteiger partial charge in [-0.1, -0.05) is 17.7 Å². The molecule has 1 heterocycles. The predicted octanol–water partition coefficient (Wildman–Crippen LogP) is 3.33. The third kappa shape index (κ3) is 2.93. The molecule has 0 atom stereocenters. The summed E-state index contributed by atoms with van der Waals surface area (Å²) in [4.78, 5) is 3.89. The second-order valence-electron chi connectivity index (χ2n) is 4.03. The monoisotopic (exact) mass is 302 g/mol. The van der Waals surface area contributed by atoms with Crippen molar-refractivity contribution in [2.24, 2.45) is 5.10 Å². The van der Waals surface area contributed by atoms with Gasteiger partial charge in [0.25, 0.3) is 0 Å². The van der Waals surface area contributed by atoms with Crippen molar-refractivity contribution in [2.75, 3.05) is 5.73 Å². The van der Waals surface area contributed by atoms with E-state index in [2.05, 4.69) is 10.1 Å². The number of nitrogens with two attached hydrogens (primary N) is 1. The number of hydrogen-bond acceptors (Lipinski definition) is 3. The van der Waals surface area contributed by atoms with Gasteiger partial charge < -0.3 is 5.73 Å². The SMILES string of the molecule is Cc1cn(N=Cc2c(Cl)cccc2C(F)(F)F)c(N)n1. The van der Waals surface area contributed by atoms with Crippen molar-refractivity contribution in [2.45, 2.75) is 13.1 Å². The highest BCUT2D eigenvalue weighted by Crippen LogP contribution is 2.34. The number of nitrogens with zero attached hydrogens (tertiary/aromatic N) is 3. The summed E-state index contributed by atoms with van der Waals surface area (Å²) in [5.41, 5.74) is 5.08. The molecule has 0 amide bonds. The van der Waals surface area contributed by atoms with E-state index in [4.69, 9.17) is 17.3 Å². The molecule has 0 saturated heterocycles. The molecule has 0 spiro atoms. The largest absolute Gasteiger partial charge is 0.417 e. The minimum absolute atomic E-state index is 0.0426. The highest BCUT2D eigenvalue weighted by molar-refractivity contribution is 6.33. The van der Waals surface area contributed by atoms with Crippen LogP contribution in [0.1, 0.15) is 16.8 Å². The minimum atomic E-state index is -4.51. The Bertz CT molecular complexity index is 661. The highest BCUT2D eigenvalue weighted by atomic mass is 35.5. The number of hydrogen-bond donors (Lipinski definition) is 1. The van der Waals surface area contributed by atoms with Crippen LogP contribution in [0.2, 0.25) is 5.02 Å². The van der Waals surface area contributed by atoms with Crippen LogP contribution in [0.15, 0.2) is 29.5 Å². The lowest BCUT2D eigenvalue weighted by molar-refractivity contribution is -0.137. The van der Waals surface area contributed by atoms with E-state index in [0.29, 0.717) is 5.69 Å². The van der Waals surface area contributed by atoms with Gasteiger partial charge in [0, 0.05) is 5.56 Å². The molecule has 8 heteroatoms. The normalized spacial score (nSPS) is 12.2. The summed E-state index contributed by atoms with van der Waals surface area (Å²) >= 11 is 5.80. The Balaban J connectivity index is 2.46. The Morgan fingerprint density at radius 2 is 2.10 bits per heavy atom. The average Bonchev–Trinajstić information content (AvgIpc) is 2.65. The first kappa shape index (κ1) is 14.4. The maximum Gasteiger partial charge on any atom is 0.417 e. The summed E-state index contributed by atoms with van der Waals surface area (Å²) in [5.74, 6) is 0.0827. The number of alkyl halides is 3. The Hall–Kier alpha value is -2.02. The molecule has 2 N–H and O–H groups in total. The van der Waals surface area contributed by atoms with Crippen molar-refractivity contribution in [3.05, 3.63) is 46.2 Å². The zero-order valence-corrected chi connectivity index (χ0v) is 11.1. The molecule has 0 aliphatic carbocycles. The third-order valence-corrected chi connectivity index (χ3v) is 2.83. The van der Waals surface area contributed by atoms with E-state index in [9.17, 15) is 13.2 Å². The van der Waals surface area contributed by atoms with Gasteiger partial charge in [0.15, 0.2) is 0 Å². The molecule has 0 saturated carbocycles. The van der Waals surface area contributed by atoms with Crippen LogP contribution in [0.25, 0.3) is 0 Å². The van der Waals surface area contributed by atoms with Gasteiger partial charge in [-0.2, -0.15) is 18.3 Å². The zero-order valence-electron chi connectivity index (χ0n) is 10.3. The first-order valence-corrected chi connectivity index (χ1v) is 5.88. The standard InChI is InChI=1S/C12H10ClF3N4/c1-7-6-20(11(17)19-7)18-5-8-9(12(14,15)16)3-2-4-10(8)13/h2-6H,1H3,(H2,17,19). The fourth-order valence-corrected chi connectivity index (χ4v) is 1.86. The van der Waals surface area contributed by atoms with E-state index in [-0.39, 0.29) is 16.5 Å². The predicted molar refractivity (Wildman–Crippen MR) is 70.8 cm³/mol. The summed E-state index contributed by atoms with van der Waals surface area (Å²) in [6, 6.07) is 3.54. The quantitative estimate of drug-likeness (QED) is 0.865. The molecule has 0 aliphatic rings. The lowest BCUT2D eigenvalue weighted by atomic mass is 10.1. The molecule has 1 aromatic heterocycles. The fourth-order valence-electron chi connectivity index (χ4n) is 1.63. The molecule has 1 aromatic carbocycles. The van der Waals surface area contributed by atoms with Gasteiger partial charge >= 0.3 is 6.18 Å². The molecule has 0 bridgehead atoms. The first-order valence-electron chi connectivity index (χ1n) is 5.50. The maximum absolute atomic E-state index is 12.9. The number of anilines is 1. The molecule has 0 radical (unpaired) electrons. The number of nitrogen functional groups attached to an aromatic ring is 1. The van der Waals surface area contributed by atoms with Gasteiger partial charge in [-0.05, 0) is 19.1 Å². The molecular weight excluding hydrogens is 293 g/mol. The summed E-state index contributed by atoms with van der Waals surface area (Å²) in [7, 11) is 0. The Morgan fingerprint density at radius 3 is 2.65 bits per heavy atom. The van der Waals surface area contributed by atoms with Crippen LogP contribution in [-0.4, -0.2) is 15.9 Å². The summed E-state index contributed by atoms with van der Waals surface area (Å²) in [6.07, 6.45) is -2.00. The van der Waals surface area contributed by atoms with Crippen LogP contribution >= 0.6 is 11.6 Å². The lowest BCUT2D eigenvalue weighted by Crippen LogP contribution is -2.09. The molecule has 2 aromatic rings. The second kappa shape index (κ2) is 5.16. The van der Waals surface area contributed by atoms with Crippen molar-refractivity contribution >= 4 is 23.8 Å². The van der Waals surface area contributed by atoms with Crippen LogP contribution in [-0.2, 0) is 6.18 Å². The number of halogens is 4. The lowest BCUT2D eigenvalue weighted by Gasteiger charge is -2.10. The molecule has 2 rings (SSSR count). The van der Waals surface area contributed by atoms with E-state index in [1.54, 1.807) is 6.92 Å². The summed E-state index contributed by atoms with van der Waals surface area (Å²) in [5, 5.41) is 3.81. The van der Waals surface area contributed by atoms with E-state index in [1.165, 1.54) is 23.0 Å². The maximum atomic E-state index is 12.9. The topological polar surface area (TPSA) is 56.2 Å². The molecule has 0 fully saturated rings. The molecular formula is C12H10ClF3N4. The van der Waals surface area contributed by atoms with Gasteiger partial charge in [-0.25, -0.2) is 9.66 Å². The van der Waals surface area contributed by atoms with Gasteiger partial charge in [-0.15, -0.1) is 0 Å². The van der Waals surface area contributed by atoms with Crippen LogP contribution in [0.5, 0.6) is 0 Å². The van der Waals surface area contributed by atoms with Crippen molar-refractivity contribution in [1.82, 2.24) is 9.66 Å². The Labute approximate surface area is 117 Å². The molecule has 0 unspecified atom stereocenters. The summed E-state index contributed by atoms with van der Waals surface area (Å²) in [6.45, 7) is 1.69. The molecule has 0 aliphatic heterocycles. The van der Waals surface area contributed by atoms with Crippen molar-refractivity contribution < 1.29 is 13.2 Å². The average molecular weight is 303 g/mol. The number of aryl methyl sites for hydroxylation is 1. The van der Waals surface area contributed by atoms with Crippen molar-refractivity contribution in [3.63, 3.8) is 0 Å². The smallest absolute Gasteiger partial charge is 0.368 e. The number of benzene rings is 1. The first-order chi connectivity index (χ1) is 9.29. The van der Waals surface area contributed by atoms with Crippen molar-refractivity contribution in [1.29, 1.82) is 0 Å². The Kier molecular flexibility index (Phi) is 3.71. The van der Waals surface area contributed by atoms with Gasteiger partial charge in [0.2, 0.25) is 5.95 Å². The van der Waals surface area contributed by atoms with E-state index in [1.807, 2.05) is 0 Å². The van der Waals surface area contributed by atoms with Crippen molar-refractivity contribution in [3.8, 4) is 0 Å². The van der Waals surface area contributed by atoms with Gasteiger partial charge in [0.05, 0.1) is 28.7 Å². The van der Waals surface area contributed by atoms with E-state index < -0.39 is 11.7 Å². The molecule has 20 heavy (non-hydrogen) atoms. The molecule has 106 valence electrons. The Morgan fingerprint density at radius 1 is 1.40 bits per heavy atom. The number of aromatic nitrogens is 2. The number of imidazole rings is 1. The molecule has 4 nitrogen and oxygen atoms in total. The van der Waals surface area contributed by atoms with E-state index in [0.717, 1.165) is 12.3 Å². The van der Waals surface area contributed by atoms with Crippen LogP contribution in [0.3, 0.4) is 0 Å². The van der Waals surface area contributed by atoms with Crippen LogP contribution in [0.4, 0.5) is 19.1 Å². The van der Waals surface area contributed by atoms with Crippen LogP contribution in [0, 0.1) is 6.92 Å². The highest BCUT2D eigenvalue weighted by Gasteiger charge is 2.33. The van der Waals surface area contributed by atoms with Gasteiger partial charge in [0.1, 0.15) is 0 Å². The minimum Gasteiger partial charge on any atom is -0.368 e. The van der Waals surface area contributed by atoms with Gasteiger partial charge in [-0.3, -0.25) is 0 Å². The number of rotatable bonds is 2. The zero-order chi connectivity index (χ0) is 14.9. The summed E-state index contributed by atoms with van der Waals surface area (Å²) < 4.78 is 39.8. The van der Waals surface area contributed by atoms with Crippen LogP contribution < -0.4 is 5.73 Å². The van der Waals surface area contributed by atoms with E-state index >= 15 is 0 Å². The third-order valence-electron chi connectivity index (χ3n) is 2.50. The second-order valence-corrected chi connectivity index (χ2v) is 4.44.